The minimum Gasteiger partial charge on any atom is -0.496 e. The van der Waals surface area contributed by atoms with E-state index in [0.717, 1.165) is 23.5 Å². The van der Waals surface area contributed by atoms with Crippen LogP contribution in [0.3, 0.4) is 0 Å². The molecule has 106 valence electrons. The highest BCUT2D eigenvalue weighted by atomic mass is 32.2. The highest BCUT2D eigenvalue weighted by Crippen LogP contribution is 2.50. The van der Waals surface area contributed by atoms with Crippen LogP contribution < -0.4 is 20.7 Å². The third-order valence-electron chi connectivity index (χ3n) is 3.78. The monoisotopic (exact) mass is 282 g/mol. The lowest BCUT2D eigenvalue weighted by atomic mass is 9.89. The smallest absolute Gasteiger partial charge is 0.127 e. The zero-order chi connectivity index (χ0) is 13.9. The van der Waals surface area contributed by atoms with Gasteiger partial charge in [0.05, 0.1) is 25.8 Å². The molecule has 1 aromatic carbocycles. The van der Waals surface area contributed by atoms with Gasteiger partial charge < -0.3 is 9.47 Å². The largest absolute Gasteiger partial charge is 0.496 e. The first-order valence-electron chi connectivity index (χ1n) is 6.47. The van der Waals surface area contributed by atoms with Crippen LogP contribution in [0, 0.1) is 0 Å². The number of methoxy groups -OCH3 is 2. The Hall–Kier alpha value is -0.910. The highest BCUT2D eigenvalue weighted by molar-refractivity contribution is 8.00. The molecule has 0 amide bonds. The average Bonchev–Trinajstić information content (AvgIpc) is 2.87. The highest BCUT2D eigenvalue weighted by Gasteiger charge is 2.40. The van der Waals surface area contributed by atoms with Crippen LogP contribution in [-0.4, -0.2) is 24.7 Å². The minimum absolute atomic E-state index is 0.00565. The number of nitrogens with one attached hydrogen (secondary N) is 1. The molecule has 19 heavy (non-hydrogen) atoms. The van der Waals surface area contributed by atoms with Gasteiger partial charge >= 0.3 is 0 Å². The quantitative estimate of drug-likeness (QED) is 0.642. The summed E-state index contributed by atoms with van der Waals surface area (Å²) < 4.78 is 11.0. The molecule has 1 saturated heterocycles. The lowest BCUT2D eigenvalue weighted by Gasteiger charge is -2.34. The second-order valence-electron chi connectivity index (χ2n) is 4.94. The molecule has 2 unspecified atom stereocenters. The van der Waals surface area contributed by atoms with E-state index in [1.54, 1.807) is 14.2 Å². The van der Waals surface area contributed by atoms with Crippen LogP contribution in [0.5, 0.6) is 11.5 Å². The van der Waals surface area contributed by atoms with E-state index >= 15 is 0 Å². The molecule has 1 heterocycles. The summed E-state index contributed by atoms with van der Waals surface area (Å²) in [4.78, 5) is 0. The van der Waals surface area contributed by atoms with Crippen LogP contribution >= 0.6 is 11.8 Å². The topological polar surface area (TPSA) is 56.5 Å². The van der Waals surface area contributed by atoms with Gasteiger partial charge in [-0.2, -0.15) is 11.8 Å². The van der Waals surface area contributed by atoms with Gasteiger partial charge in [0.2, 0.25) is 0 Å². The van der Waals surface area contributed by atoms with Crippen LogP contribution in [-0.2, 0) is 0 Å². The second kappa shape index (κ2) is 6.03. The Labute approximate surface area is 119 Å². The Kier molecular flexibility index (Phi) is 4.60. The van der Waals surface area contributed by atoms with Crippen molar-refractivity contribution in [3.63, 3.8) is 0 Å². The molecule has 5 heteroatoms. The summed E-state index contributed by atoms with van der Waals surface area (Å²) in [6.45, 7) is 2.25. The SMILES string of the molecule is COc1cccc(OC)c1C(NN)C1(C)CCCS1. The minimum atomic E-state index is 0.00565. The molecule has 1 aliphatic heterocycles. The molecule has 4 nitrogen and oxygen atoms in total. The maximum absolute atomic E-state index is 5.84. The predicted molar refractivity (Wildman–Crippen MR) is 79.7 cm³/mol. The molecule has 2 atom stereocenters. The predicted octanol–water partition coefficient (Wildman–Crippen LogP) is 2.49. The van der Waals surface area contributed by atoms with Gasteiger partial charge in [-0.15, -0.1) is 0 Å². The average molecular weight is 282 g/mol. The molecule has 0 bridgehead atoms. The zero-order valence-corrected chi connectivity index (χ0v) is 12.5. The fourth-order valence-electron chi connectivity index (χ4n) is 2.76. The first-order chi connectivity index (χ1) is 9.16. The molecule has 0 spiro atoms. The van der Waals surface area contributed by atoms with Gasteiger partial charge in [0.15, 0.2) is 0 Å². The fourth-order valence-corrected chi connectivity index (χ4v) is 4.15. The van der Waals surface area contributed by atoms with Gasteiger partial charge in [0.25, 0.3) is 0 Å². The number of hydrogen-bond acceptors (Lipinski definition) is 5. The first kappa shape index (κ1) is 14.5. The Bertz CT molecular complexity index is 411. The Balaban J connectivity index is 2.47. The van der Waals surface area contributed by atoms with E-state index in [0.29, 0.717) is 0 Å². The lowest BCUT2D eigenvalue weighted by Crippen LogP contribution is -2.41. The number of rotatable bonds is 5. The molecule has 0 aromatic heterocycles. The third-order valence-corrected chi connectivity index (χ3v) is 5.37. The van der Waals surface area contributed by atoms with E-state index in [9.17, 15) is 0 Å². The second-order valence-corrected chi connectivity index (χ2v) is 6.57. The molecular weight excluding hydrogens is 260 g/mol. The Morgan fingerprint density at radius 1 is 1.32 bits per heavy atom. The summed E-state index contributed by atoms with van der Waals surface area (Å²) in [5.74, 6) is 8.65. The van der Waals surface area contributed by atoms with Crippen molar-refractivity contribution in [2.24, 2.45) is 5.84 Å². The standard InChI is InChI=1S/C14H22N2O2S/c1-14(8-5-9-19-14)13(16-15)12-10(17-2)6-4-7-11(12)18-3/h4,6-7,13,16H,5,8-9,15H2,1-3H3. The molecule has 0 radical (unpaired) electrons. The lowest BCUT2D eigenvalue weighted by molar-refractivity contribution is 0.348. The number of nitrogens with two attached hydrogens (primary N) is 1. The Morgan fingerprint density at radius 2 is 1.95 bits per heavy atom. The van der Waals surface area contributed by atoms with Crippen LogP contribution in [0.15, 0.2) is 18.2 Å². The number of thioether (sulfide) groups is 1. The number of ether oxygens (including phenoxy) is 2. The van der Waals surface area contributed by atoms with Crippen molar-refractivity contribution < 1.29 is 9.47 Å². The van der Waals surface area contributed by atoms with Crippen LogP contribution in [0.4, 0.5) is 0 Å². The number of benzene rings is 1. The first-order valence-corrected chi connectivity index (χ1v) is 7.46. The van der Waals surface area contributed by atoms with E-state index in [-0.39, 0.29) is 10.8 Å². The molecule has 1 fully saturated rings. The summed E-state index contributed by atoms with van der Waals surface area (Å²) >= 11 is 1.96. The van der Waals surface area contributed by atoms with Crippen molar-refractivity contribution in [3.05, 3.63) is 23.8 Å². The number of hydrogen-bond donors (Lipinski definition) is 2. The molecular formula is C14H22N2O2S. The van der Waals surface area contributed by atoms with Crippen molar-refractivity contribution >= 4 is 11.8 Å². The van der Waals surface area contributed by atoms with Gasteiger partial charge in [-0.25, -0.2) is 0 Å². The van der Waals surface area contributed by atoms with E-state index in [1.165, 1.54) is 12.2 Å². The zero-order valence-electron chi connectivity index (χ0n) is 11.7. The van der Waals surface area contributed by atoms with Crippen LogP contribution in [0.25, 0.3) is 0 Å². The molecule has 1 aromatic rings. The molecule has 0 aliphatic carbocycles. The van der Waals surface area contributed by atoms with Crippen LogP contribution in [0.1, 0.15) is 31.4 Å². The normalized spacial score (nSPS) is 24.2. The Morgan fingerprint density at radius 3 is 2.37 bits per heavy atom. The van der Waals surface area contributed by atoms with Crippen molar-refractivity contribution in [2.75, 3.05) is 20.0 Å². The molecule has 0 saturated carbocycles. The van der Waals surface area contributed by atoms with Crippen molar-refractivity contribution in [1.29, 1.82) is 0 Å². The maximum Gasteiger partial charge on any atom is 0.127 e. The van der Waals surface area contributed by atoms with E-state index in [1.807, 2.05) is 30.0 Å². The van der Waals surface area contributed by atoms with E-state index in [2.05, 4.69) is 12.3 Å². The summed E-state index contributed by atoms with van der Waals surface area (Å²) in [7, 11) is 3.35. The molecule has 1 aliphatic rings. The third kappa shape index (κ3) is 2.68. The van der Waals surface area contributed by atoms with Gasteiger partial charge in [0, 0.05) is 4.75 Å². The van der Waals surface area contributed by atoms with Crippen molar-refractivity contribution in [2.45, 2.75) is 30.6 Å². The van der Waals surface area contributed by atoms with Crippen molar-refractivity contribution in [3.8, 4) is 11.5 Å². The maximum atomic E-state index is 5.84. The van der Waals surface area contributed by atoms with Gasteiger partial charge in [0.1, 0.15) is 11.5 Å². The van der Waals surface area contributed by atoms with Gasteiger partial charge in [-0.1, -0.05) is 6.07 Å². The summed E-state index contributed by atoms with van der Waals surface area (Å²) in [5.41, 5.74) is 3.98. The summed E-state index contributed by atoms with van der Waals surface area (Å²) in [6, 6.07) is 5.83. The molecule has 3 N–H and O–H groups in total. The van der Waals surface area contributed by atoms with Crippen LogP contribution in [0.2, 0.25) is 0 Å². The van der Waals surface area contributed by atoms with E-state index < -0.39 is 0 Å². The number of hydrazine groups is 1. The van der Waals surface area contributed by atoms with E-state index in [4.69, 9.17) is 15.3 Å². The van der Waals surface area contributed by atoms with Gasteiger partial charge in [-0.05, 0) is 37.7 Å². The van der Waals surface area contributed by atoms with Crippen molar-refractivity contribution in [1.82, 2.24) is 5.43 Å². The summed E-state index contributed by atoms with van der Waals surface area (Å²) in [5, 5.41) is 0. The summed E-state index contributed by atoms with van der Waals surface area (Å²) in [6.07, 6.45) is 2.35. The van der Waals surface area contributed by atoms with Gasteiger partial charge in [-0.3, -0.25) is 11.3 Å². The molecule has 2 rings (SSSR count). The fraction of sp³-hybridized carbons (Fsp3) is 0.571.